The normalized spacial score (nSPS) is 11.5. The topological polar surface area (TPSA) is 84.5 Å². The van der Waals surface area contributed by atoms with E-state index in [-0.39, 0.29) is 28.2 Å². The highest BCUT2D eigenvalue weighted by Crippen LogP contribution is 2.27. The lowest BCUT2D eigenvalue weighted by atomic mass is 10.0. The van der Waals surface area contributed by atoms with E-state index in [4.69, 9.17) is 16.3 Å². The Labute approximate surface area is 177 Å². The van der Waals surface area contributed by atoms with Gasteiger partial charge in [-0.15, -0.1) is 0 Å². The molecule has 0 atom stereocenters. The van der Waals surface area contributed by atoms with E-state index in [0.29, 0.717) is 18.2 Å². The zero-order valence-corrected chi connectivity index (χ0v) is 18.4. The number of anilines is 1. The Morgan fingerprint density at radius 3 is 2.41 bits per heavy atom. The van der Waals surface area contributed by atoms with E-state index < -0.39 is 10.0 Å². The van der Waals surface area contributed by atoms with Gasteiger partial charge in [-0.05, 0) is 48.2 Å². The van der Waals surface area contributed by atoms with Crippen LogP contribution in [0.1, 0.15) is 45.1 Å². The number of halogens is 1. The van der Waals surface area contributed by atoms with Crippen molar-refractivity contribution in [2.45, 2.75) is 44.4 Å². The molecule has 0 fully saturated rings. The van der Waals surface area contributed by atoms with E-state index in [9.17, 15) is 13.2 Å². The molecule has 0 unspecified atom stereocenters. The third-order valence-corrected chi connectivity index (χ3v) is 6.01. The van der Waals surface area contributed by atoms with Gasteiger partial charge in [-0.2, -0.15) is 0 Å². The number of carbonyl (C=O) groups is 1. The smallest absolute Gasteiger partial charge is 0.262 e. The van der Waals surface area contributed by atoms with Gasteiger partial charge in [0.25, 0.3) is 5.91 Å². The number of nitrogens with one attached hydrogen (secondary N) is 2. The van der Waals surface area contributed by atoms with Crippen LogP contribution in [0.25, 0.3) is 0 Å². The monoisotopic (exact) mass is 438 g/mol. The second kappa shape index (κ2) is 10.6. The predicted octanol–water partition coefficient (Wildman–Crippen LogP) is 4.56. The van der Waals surface area contributed by atoms with Crippen molar-refractivity contribution in [3.63, 3.8) is 0 Å². The number of sulfonamides is 1. The van der Waals surface area contributed by atoms with Crippen LogP contribution in [0.5, 0.6) is 5.75 Å². The number of hydrogen-bond donors (Lipinski definition) is 2. The maximum Gasteiger partial charge on any atom is 0.262 e. The van der Waals surface area contributed by atoms with E-state index in [2.05, 4.69) is 23.9 Å². The lowest BCUT2D eigenvalue weighted by Crippen LogP contribution is -2.24. The minimum absolute atomic E-state index is 0.0562. The van der Waals surface area contributed by atoms with Crippen molar-refractivity contribution in [2.75, 3.05) is 18.5 Å². The molecule has 0 spiro atoms. The molecule has 158 valence electrons. The lowest BCUT2D eigenvalue weighted by Gasteiger charge is -2.11. The van der Waals surface area contributed by atoms with Crippen molar-refractivity contribution in [1.82, 2.24) is 4.72 Å². The van der Waals surface area contributed by atoms with Gasteiger partial charge < -0.3 is 10.1 Å². The summed E-state index contributed by atoms with van der Waals surface area (Å²) in [6.07, 6.45) is 1.64. The maximum absolute atomic E-state index is 12.2. The summed E-state index contributed by atoms with van der Waals surface area (Å²) in [6.45, 7) is 6.31. The van der Waals surface area contributed by atoms with Gasteiger partial charge in [-0.25, -0.2) is 13.1 Å². The van der Waals surface area contributed by atoms with E-state index in [1.165, 1.54) is 23.8 Å². The average molecular weight is 439 g/mol. The first-order valence-corrected chi connectivity index (χ1v) is 11.4. The van der Waals surface area contributed by atoms with Crippen LogP contribution < -0.4 is 14.8 Å². The highest BCUT2D eigenvalue weighted by atomic mass is 35.5. The molecule has 2 aromatic carbocycles. The molecular formula is C21H27ClN2O4S. The first-order chi connectivity index (χ1) is 13.7. The lowest BCUT2D eigenvalue weighted by molar-refractivity contribution is -0.118. The predicted molar refractivity (Wildman–Crippen MR) is 116 cm³/mol. The molecule has 0 saturated heterocycles. The summed E-state index contributed by atoms with van der Waals surface area (Å²) in [7, 11) is -3.62. The molecule has 29 heavy (non-hydrogen) atoms. The van der Waals surface area contributed by atoms with Gasteiger partial charge in [-0.1, -0.05) is 50.9 Å². The number of amides is 1. The summed E-state index contributed by atoms with van der Waals surface area (Å²) in [5.74, 6) is 0.319. The number of hydrogen-bond acceptors (Lipinski definition) is 4. The maximum atomic E-state index is 12.2. The van der Waals surface area contributed by atoms with Crippen LogP contribution in [0, 0.1) is 0 Å². The van der Waals surface area contributed by atoms with E-state index in [1.807, 2.05) is 31.2 Å². The molecule has 0 radical (unpaired) electrons. The quantitative estimate of drug-likeness (QED) is 0.532. The molecule has 0 aliphatic rings. The van der Waals surface area contributed by atoms with Crippen molar-refractivity contribution in [3.8, 4) is 5.75 Å². The van der Waals surface area contributed by atoms with Gasteiger partial charge in [0.1, 0.15) is 5.75 Å². The molecule has 0 aliphatic carbocycles. The Balaban J connectivity index is 1.94. The molecular weight excluding hydrogens is 412 g/mol. The molecule has 2 aromatic rings. The zero-order chi connectivity index (χ0) is 21.4. The Morgan fingerprint density at radius 2 is 1.83 bits per heavy atom. The first kappa shape index (κ1) is 23.2. The van der Waals surface area contributed by atoms with Crippen molar-refractivity contribution in [3.05, 3.63) is 53.1 Å². The molecule has 8 heteroatoms. The summed E-state index contributed by atoms with van der Waals surface area (Å²) < 4.78 is 32.4. The van der Waals surface area contributed by atoms with E-state index in [0.717, 1.165) is 12.8 Å². The van der Waals surface area contributed by atoms with Crippen LogP contribution in [0.15, 0.2) is 47.4 Å². The minimum atomic E-state index is -3.62. The average Bonchev–Trinajstić information content (AvgIpc) is 2.67. The van der Waals surface area contributed by atoms with Crippen molar-refractivity contribution in [1.29, 1.82) is 0 Å². The van der Waals surface area contributed by atoms with Crippen LogP contribution in [0.3, 0.4) is 0 Å². The summed E-state index contributed by atoms with van der Waals surface area (Å²) in [6, 6.07) is 11.8. The molecule has 0 bridgehead atoms. The van der Waals surface area contributed by atoms with Crippen LogP contribution >= 0.6 is 11.6 Å². The third kappa shape index (κ3) is 7.03. The summed E-state index contributed by atoms with van der Waals surface area (Å²) in [5, 5.41) is 2.87. The zero-order valence-electron chi connectivity index (χ0n) is 16.9. The number of ether oxygens (including phenoxy) is 1. The van der Waals surface area contributed by atoms with Crippen LogP contribution in [0.4, 0.5) is 5.69 Å². The van der Waals surface area contributed by atoms with Gasteiger partial charge >= 0.3 is 0 Å². The molecule has 1 amide bonds. The van der Waals surface area contributed by atoms with Crippen molar-refractivity contribution < 1.29 is 17.9 Å². The van der Waals surface area contributed by atoms with E-state index >= 15 is 0 Å². The Hall–Kier alpha value is -2.09. The standard InChI is InChI=1S/C21H27ClN2O4S/c1-4-5-12-23-29(26,27)18-10-11-20(19(22)13-18)28-14-21(25)24-17-8-6-16(7-9-17)15(2)3/h6-11,13,15,23H,4-5,12,14H2,1-3H3,(H,24,25). The SMILES string of the molecule is CCCCNS(=O)(=O)c1ccc(OCC(=O)Nc2ccc(C(C)C)cc2)c(Cl)c1. The molecule has 2 rings (SSSR count). The largest absolute Gasteiger partial charge is 0.482 e. The summed E-state index contributed by atoms with van der Waals surface area (Å²) >= 11 is 6.14. The second-order valence-corrected chi connectivity index (χ2v) is 9.13. The molecule has 0 saturated carbocycles. The van der Waals surface area contributed by atoms with E-state index in [1.54, 1.807) is 0 Å². The molecule has 0 aliphatic heterocycles. The van der Waals surface area contributed by atoms with Crippen LogP contribution in [0.2, 0.25) is 5.02 Å². The highest BCUT2D eigenvalue weighted by Gasteiger charge is 2.16. The van der Waals surface area contributed by atoms with Crippen molar-refractivity contribution in [2.24, 2.45) is 0 Å². The van der Waals surface area contributed by atoms with Gasteiger partial charge in [0.05, 0.1) is 9.92 Å². The fraction of sp³-hybridized carbons (Fsp3) is 0.381. The second-order valence-electron chi connectivity index (χ2n) is 6.96. The fourth-order valence-corrected chi connectivity index (χ4v) is 3.92. The number of rotatable bonds is 10. The summed E-state index contributed by atoms with van der Waals surface area (Å²) in [4.78, 5) is 12.2. The molecule has 2 N–H and O–H groups in total. The fourth-order valence-electron chi connectivity index (χ4n) is 2.52. The Kier molecular flexibility index (Phi) is 8.49. The number of unbranched alkanes of at least 4 members (excludes halogenated alkanes) is 1. The molecule has 0 aromatic heterocycles. The first-order valence-electron chi connectivity index (χ1n) is 9.54. The Bertz CT molecular complexity index is 928. The molecule has 6 nitrogen and oxygen atoms in total. The summed E-state index contributed by atoms with van der Waals surface area (Å²) in [5.41, 5.74) is 1.86. The van der Waals surface area contributed by atoms with Gasteiger partial charge in [0.2, 0.25) is 10.0 Å². The van der Waals surface area contributed by atoms with Crippen molar-refractivity contribution >= 4 is 33.2 Å². The van der Waals surface area contributed by atoms with Gasteiger partial charge in [-0.3, -0.25) is 4.79 Å². The van der Waals surface area contributed by atoms with Gasteiger partial charge in [0.15, 0.2) is 6.61 Å². The third-order valence-electron chi connectivity index (χ3n) is 4.26. The highest BCUT2D eigenvalue weighted by molar-refractivity contribution is 7.89. The van der Waals surface area contributed by atoms with Crippen LogP contribution in [-0.2, 0) is 14.8 Å². The Morgan fingerprint density at radius 1 is 1.14 bits per heavy atom. The van der Waals surface area contributed by atoms with Gasteiger partial charge in [0, 0.05) is 12.2 Å². The number of carbonyl (C=O) groups excluding carboxylic acids is 1. The molecule has 0 heterocycles. The minimum Gasteiger partial charge on any atom is -0.482 e. The number of benzene rings is 2. The van der Waals surface area contributed by atoms with Crippen LogP contribution in [-0.4, -0.2) is 27.5 Å².